The third kappa shape index (κ3) is 5.09. The molecule has 0 bridgehead atoms. The number of carbonyl (C=O) groups is 2. The minimum absolute atomic E-state index is 0. The zero-order chi connectivity index (χ0) is 23.3. The molecular formula is C24H32N4O4S. The number of rotatable bonds is 4. The molecule has 33 heavy (non-hydrogen) atoms. The Morgan fingerprint density at radius 3 is 2.30 bits per heavy atom. The van der Waals surface area contributed by atoms with Crippen molar-refractivity contribution in [2.24, 2.45) is 7.05 Å². The lowest BCUT2D eigenvalue weighted by Crippen LogP contribution is -2.49. The number of ether oxygens (including phenoxy) is 1. The van der Waals surface area contributed by atoms with Crippen LogP contribution in [0.3, 0.4) is 0 Å². The van der Waals surface area contributed by atoms with Crippen molar-refractivity contribution < 1.29 is 14.3 Å². The number of pyridine rings is 1. The third-order valence-electron chi connectivity index (χ3n) is 5.37. The van der Waals surface area contributed by atoms with E-state index in [4.69, 9.17) is 4.74 Å². The van der Waals surface area contributed by atoms with E-state index in [1.807, 2.05) is 65.4 Å². The van der Waals surface area contributed by atoms with Gasteiger partial charge in [-0.15, -0.1) is 11.3 Å². The SMILES string of the molecule is CC.CCOC(=O)c1c(N2CCN(C(=O)c3cccs3)CC2)c2ccccc2n(C)c1=O.N. The number of nitrogens with zero attached hydrogens (tertiary/aromatic N) is 3. The molecule has 3 heterocycles. The molecule has 0 spiro atoms. The summed E-state index contributed by atoms with van der Waals surface area (Å²) in [7, 11) is 1.66. The molecule has 1 fully saturated rings. The van der Waals surface area contributed by atoms with Crippen molar-refractivity contribution in [2.45, 2.75) is 20.8 Å². The molecule has 1 aliphatic rings. The number of esters is 1. The molecule has 9 heteroatoms. The van der Waals surface area contributed by atoms with E-state index in [1.54, 1.807) is 14.0 Å². The summed E-state index contributed by atoms with van der Waals surface area (Å²) in [4.78, 5) is 43.0. The molecule has 0 saturated carbocycles. The van der Waals surface area contributed by atoms with Gasteiger partial charge in [-0.05, 0) is 24.4 Å². The highest BCUT2D eigenvalue weighted by atomic mass is 32.1. The smallest absolute Gasteiger partial charge is 0.345 e. The molecule has 1 amide bonds. The maximum absolute atomic E-state index is 13.1. The van der Waals surface area contributed by atoms with Crippen LogP contribution in [0.2, 0.25) is 0 Å². The minimum Gasteiger partial charge on any atom is -0.462 e. The van der Waals surface area contributed by atoms with Gasteiger partial charge in [-0.25, -0.2) is 4.79 Å². The van der Waals surface area contributed by atoms with E-state index in [0.29, 0.717) is 31.9 Å². The first-order valence-corrected chi connectivity index (χ1v) is 11.8. The van der Waals surface area contributed by atoms with Crippen LogP contribution in [0, 0.1) is 0 Å². The van der Waals surface area contributed by atoms with E-state index in [-0.39, 0.29) is 29.8 Å². The number of aryl methyl sites for hydroxylation is 1. The Kier molecular flexibility index (Phi) is 9.19. The number of carbonyl (C=O) groups excluding carboxylic acids is 2. The normalized spacial score (nSPS) is 13.1. The second-order valence-corrected chi connectivity index (χ2v) is 8.03. The Labute approximate surface area is 198 Å². The van der Waals surface area contributed by atoms with Crippen LogP contribution in [-0.2, 0) is 11.8 Å². The first-order chi connectivity index (χ1) is 15.5. The van der Waals surface area contributed by atoms with Gasteiger partial charge in [0.2, 0.25) is 0 Å². The molecular weight excluding hydrogens is 440 g/mol. The predicted octanol–water partition coefficient (Wildman–Crippen LogP) is 3.93. The second-order valence-electron chi connectivity index (χ2n) is 7.08. The van der Waals surface area contributed by atoms with E-state index >= 15 is 0 Å². The lowest BCUT2D eigenvalue weighted by Gasteiger charge is -2.37. The van der Waals surface area contributed by atoms with Crippen LogP contribution in [0.4, 0.5) is 5.69 Å². The third-order valence-corrected chi connectivity index (χ3v) is 6.23. The van der Waals surface area contributed by atoms with Gasteiger partial charge in [0.05, 0.1) is 22.7 Å². The first kappa shape index (κ1) is 26.1. The van der Waals surface area contributed by atoms with E-state index in [1.165, 1.54) is 15.9 Å². The van der Waals surface area contributed by atoms with Gasteiger partial charge in [0, 0.05) is 38.6 Å². The Morgan fingerprint density at radius 2 is 1.70 bits per heavy atom. The zero-order valence-corrected chi connectivity index (χ0v) is 20.5. The summed E-state index contributed by atoms with van der Waals surface area (Å²) in [6.07, 6.45) is 0. The van der Waals surface area contributed by atoms with Crippen molar-refractivity contribution in [1.29, 1.82) is 0 Å². The summed E-state index contributed by atoms with van der Waals surface area (Å²) in [5.74, 6) is -0.597. The number of benzene rings is 1. The number of amides is 1. The molecule has 0 radical (unpaired) electrons. The van der Waals surface area contributed by atoms with Crippen molar-refractivity contribution in [3.05, 3.63) is 62.6 Å². The molecule has 1 aromatic carbocycles. The van der Waals surface area contributed by atoms with Gasteiger partial charge in [-0.3, -0.25) is 9.59 Å². The summed E-state index contributed by atoms with van der Waals surface area (Å²) < 4.78 is 6.70. The van der Waals surface area contributed by atoms with Gasteiger partial charge >= 0.3 is 5.97 Å². The maximum Gasteiger partial charge on any atom is 0.345 e. The van der Waals surface area contributed by atoms with Crippen LogP contribution >= 0.6 is 11.3 Å². The van der Waals surface area contributed by atoms with E-state index < -0.39 is 5.97 Å². The highest BCUT2D eigenvalue weighted by Crippen LogP contribution is 2.30. The van der Waals surface area contributed by atoms with Crippen LogP contribution in [-0.4, -0.2) is 54.1 Å². The van der Waals surface area contributed by atoms with Crippen LogP contribution in [0.1, 0.15) is 40.8 Å². The van der Waals surface area contributed by atoms with Gasteiger partial charge in [0.1, 0.15) is 5.56 Å². The fourth-order valence-electron chi connectivity index (χ4n) is 3.88. The van der Waals surface area contributed by atoms with Crippen LogP contribution in [0.5, 0.6) is 0 Å². The highest BCUT2D eigenvalue weighted by Gasteiger charge is 2.29. The standard InChI is InChI=1S/C22H23N3O4S.C2H6.H3N/c1-3-29-22(28)18-19(15-7-4-5-8-16(15)23(2)21(18)27)24-10-12-25(13-11-24)20(26)17-9-6-14-30-17;1-2;/h4-9,14H,3,10-13H2,1-2H3;1-2H3;1H3. The van der Waals surface area contributed by atoms with Gasteiger partial charge in [-0.1, -0.05) is 38.1 Å². The Morgan fingerprint density at radius 1 is 1.03 bits per heavy atom. The summed E-state index contributed by atoms with van der Waals surface area (Å²) >= 11 is 1.43. The van der Waals surface area contributed by atoms with Crippen molar-refractivity contribution in [3.8, 4) is 0 Å². The summed E-state index contributed by atoms with van der Waals surface area (Å²) in [5.41, 5.74) is 1.02. The molecule has 1 aliphatic heterocycles. The van der Waals surface area contributed by atoms with Gasteiger partial charge in [-0.2, -0.15) is 0 Å². The first-order valence-electron chi connectivity index (χ1n) is 10.9. The fourth-order valence-corrected chi connectivity index (χ4v) is 4.58. The quantitative estimate of drug-likeness (QED) is 0.577. The average molecular weight is 473 g/mol. The molecule has 8 nitrogen and oxygen atoms in total. The molecule has 0 atom stereocenters. The molecule has 4 rings (SSSR count). The average Bonchev–Trinajstić information content (AvgIpc) is 3.37. The number of thiophene rings is 1. The van der Waals surface area contributed by atoms with Crippen LogP contribution in [0.15, 0.2) is 46.6 Å². The number of para-hydroxylation sites is 1. The monoisotopic (exact) mass is 472 g/mol. The van der Waals surface area contributed by atoms with Crippen molar-refractivity contribution in [2.75, 3.05) is 37.7 Å². The molecule has 178 valence electrons. The number of hydrogen-bond acceptors (Lipinski definition) is 7. The highest BCUT2D eigenvalue weighted by molar-refractivity contribution is 7.12. The Balaban J connectivity index is 0.00000125. The van der Waals surface area contributed by atoms with E-state index in [2.05, 4.69) is 0 Å². The van der Waals surface area contributed by atoms with Crippen molar-refractivity contribution in [1.82, 2.24) is 15.6 Å². The Bertz CT molecular complexity index is 1150. The fraction of sp³-hybridized carbons (Fsp3) is 0.375. The molecule has 3 N–H and O–H groups in total. The zero-order valence-electron chi connectivity index (χ0n) is 19.7. The summed E-state index contributed by atoms with van der Waals surface area (Å²) in [5, 5.41) is 2.71. The lowest BCUT2D eigenvalue weighted by atomic mass is 10.1. The molecule has 0 aliphatic carbocycles. The molecule has 2 aromatic heterocycles. The Hall–Kier alpha value is -3.17. The number of fused-ring (bicyclic) bond motifs is 1. The number of piperazine rings is 1. The van der Waals surface area contributed by atoms with E-state index in [0.717, 1.165) is 15.8 Å². The molecule has 3 aromatic rings. The van der Waals surface area contributed by atoms with Gasteiger partial charge < -0.3 is 25.3 Å². The van der Waals surface area contributed by atoms with Crippen molar-refractivity contribution >= 4 is 39.8 Å². The number of anilines is 1. The number of aromatic nitrogens is 1. The summed E-state index contributed by atoms with van der Waals surface area (Å²) in [6.45, 7) is 8.00. The molecule has 1 saturated heterocycles. The number of hydrogen-bond donors (Lipinski definition) is 1. The van der Waals surface area contributed by atoms with Crippen LogP contribution < -0.4 is 16.6 Å². The lowest BCUT2D eigenvalue weighted by molar-refractivity contribution is 0.0523. The summed E-state index contributed by atoms with van der Waals surface area (Å²) in [6, 6.07) is 11.2. The minimum atomic E-state index is -0.615. The second kappa shape index (κ2) is 11.6. The maximum atomic E-state index is 13.1. The van der Waals surface area contributed by atoms with Crippen LogP contribution in [0.25, 0.3) is 10.9 Å². The van der Waals surface area contributed by atoms with E-state index in [9.17, 15) is 14.4 Å². The predicted molar refractivity (Wildman–Crippen MR) is 134 cm³/mol. The van der Waals surface area contributed by atoms with Gasteiger partial charge in [0.25, 0.3) is 11.5 Å². The van der Waals surface area contributed by atoms with Gasteiger partial charge in [0.15, 0.2) is 0 Å². The molecule has 0 unspecified atom stereocenters. The largest absolute Gasteiger partial charge is 0.462 e. The van der Waals surface area contributed by atoms with Crippen molar-refractivity contribution in [3.63, 3.8) is 0 Å². The topological polar surface area (TPSA) is 107 Å².